The summed E-state index contributed by atoms with van der Waals surface area (Å²) in [4.78, 5) is 0. The lowest BCUT2D eigenvalue weighted by Crippen LogP contribution is -2.18. The highest BCUT2D eigenvalue weighted by Gasteiger charge is 2.08. The molecule has 0 aromatic heterocycles. The first-order valence-corrected chi connectivity index (χ1v) is 7.19. The maximum absolute atomic E-state index is 12.9. The summed E-state index contributed by atoms with van der Waals surface area (Å²) >= 11 is 0. The third-order valence-electron chi connectivity index (χ3n) is 3.82. The lowest BCUT2D eigenvalue weighted by Gasteiger charge is -2.16. The van der Waals surface area contributed by atoms with Gasteiger partial charge in [-0.25, -0.2) is 4.39 Å². The van der Waals surface area contributed by atoms with Crippen LogP contribution in [0.5, 0.6) is 0 Å². The van der Waals surface area contributed by atoms with Crippen molar-refractivity contribution in [2.45, 2.75) is 19.5 Å². The zero-order valence-electron chi connectivity index (χ0n) is 12.0. The summed E-state index contributed by atoms with van der Waals surface area (Å²) in [6, 6.07) is 21.7. The molecule has 21 heavy (non-hydrogen) atoms. The molecule has 3 aromatic carbocycles. The Morgan fingerprint density at radius 1 is 0.905 bits per heavy atom. The summed E-state index contributed by atoms with van der Waals surface area (Å²) in [6.45, 7) is 2.88. The normalized spacial score (nSPS) is 12.5. The molecule has 0 saturated carbocycles. The summed E-state index contributed by atoms with van der Waals surface area (Å²) in [7, 11) is 0. The molecule has 0 unspecified atom stereocenters. The quantitative estimate of drug-likeness (QED) is 0.721. The molecule has 0 aliphatic carbocycles. The minimum atomic E-state index is -0.194. The highest BCUT2D eigenvalue weighted by molar-refractivity contribution is 5.86. The second-order valence-corrected chi connectivity index (χ2v) is 5.30. The summed E-state index contributed by atoms with van der Waals surface area (Å²) in [5.74, 6) is -0.194. The highest BCUT2D eigenvalue weighted by Crippen LogP contribution is 2.24. The monoisotopic (exact) mass is 279 g/mol. The van der Waals surface area contributed by atoms with Crippen molar-refractivity contribution in [2.24, 2.45) is 0 Å². The molecule has 0 radical (unpaired) electrons. The number of halogens is 1. The first-order valence-electron chi connectivity index (χ1n) is 7.19. The fraction of sp³-hybridized carbons (Fsp3) is 0.158. The molecule has 2 heteroatoms. The number of rotatable bonds is 4. The van der Waals surface area contributed by atoms with Crippen LogP contribution in [0.25, 0.3) is 10.8 Å². The SMILES string of the molecule is C[C@@H](NCc1ccc(F)cc1)c1cccc2ccccc12. The minimum Gasteiger partial charge on any atom is -0.306 e. The smallest absolute Gasteiger partial charge is 0.123 e. The lowest BCUT2D eigenvalue weighted by molar-refractivity contribution is 0.576. The molecule has 106 valence electrons. The minimum absolute atomic E-state index is 0.194. The van der Waals surface area contributed by atoms with E-state index in [0.29, 0.717) is 0 Å². The van der Waals surface area contributed by atoms with E-state index >= 15 is 0 Å². The Morgan fingerprint density at radius 2 is 1.62 bits per heavy atom. The summed E-state index contributed by atoms with van der Waals surface area (Å²) in [5, 5.41) is 6.04. The molecular weight excluding hydrogens is 261 g/mol. The van der Waals surface area contributed by atoms with Gasteiger partial charge < -0.3 is 5.32 Å². The van der Waals surface area contributed by atoms with Crippen molar-refractivity contribution in [3.05, 3.63) is 83.7 Å². The Morgan fingerprint density at radius 3 is 2.43 bits per heavy atom. The highest BCUT2D eigenvalue weighted by atomic mass is 19.1. The summed E-state index contributed by atoms with van der Waals surface area (Å²) in [6.07, 6.45) is 0. The third-order valence-corrected chi connectivity index (χ3v) is 3.82. The van der Waals surface area contributed by atoms with Gasteiger partial charge in [-0.1, -0.05) is 54.6 Å². The molecule has 0 fully saturated rings. The molecule has 0 bridgehead atoms. The molecule has 1 atom stereocenters. The van der Waals surface area contributed by atoms with Crippen molar-refractivity contribution in [1.29, 1.82) is 0 Å². The van der Waals surface area contributed by atoms with Crippen LogP contribution < -0.4 is 5.32 Å². The number of hydrogen-bond donors (Lipinski definition) is 1. The lowest BCUT2D eigenvalue weighted by atomic mass is 9.99. The van der Waals surface area contributed by atoms with Crippen LogP contribution in [0.4, 0.5) is 4.39 Å². The van der Waals surface area contributed by atoms with Crippen molar-refractivity contribution in [3.63, 3.8) is 0 Å². The van der Waals surface area contributed by atoms with E-state index in [-0.39, 0.29) is 11.9 Å². The van der Waals surface area contributed by atoms with E-state index in [4.69, 9.17) is 0 Å². The van der Waals surface area contributed by atoms with Crippen molar-refractivity contribution in [2.75, 3.05) is 0 Å². The van der Waals surface area contributed by atoms with Crippen molar-refractivity contribution in [1.82, 2.24) is 5.32 Å². The topological polar surface area (TPSA) is 12.0 Å². The molecule has 3 rings (SSSR count). The van der Waals surface area contributed by atoms with E-state index in [1.165, 1.54) is 28.5 Å². The van der Waals surface area contributed by atoms with E-state index < -0.39 is 0 Å². The van der Waals surface area contributed by atoms with E-state index in [1.807, 2.05) is 12.1 Å². The van der Waals surface area contributed by atoms with Crippen molar-refractivity contribution >= 4 is 10.8 Å². The van der Waals surface area contributed by atoms with Gasteiger partial charge in [-0.05, 0) is 41.0 Å². The molecule has 0 saturated heterocycles. The van der Waals surface area contributed by atoms with Gasteiger partial charge in [0.2, 0.25) is 0 Å². The Labute approximate surface area is 124 Å². The van der Waals surface area contributed by atoms with Crippen molar-refractivity contribution < 1.29 is 4.39 Å². The van der Waals surface area contributed by atoms with Gasteiger partial charge in [0.25, 0.3) is 0 Å². The van der Waals surface area contributed by atoms with Gasteiger partial charge in [-0.2, -0.15) is 0 Å². The molecule has 1 N–H and O–H groups in total. The number of benzene rings is 3. The van der Waals surface area contributed by atoms with Crippen LogP contribution in [0, 0.1) is 5.82 Å². The fourth-order valence-electron chi connectivity index (χ4n) is 2.61. The average molecular weight is 279 g/mol. The maximum Gasteiger partial charge on any atom is 0.123 e. The molecule has 3 aromatic rings. The van der Waals surface area contributed by atoms with Crippen LogP contribution >= 0.6 is 0 Å². The zero-order chi connectivity index (χ0) is 14.7. The van der Waals surface area contributed by atoms with E-state index in [9.17, 15) is 4.39 Å². The molecule has 0 aliphatic rings. The van der Waals surface area contributed by atoms with E-state index in [1.54, 1.807) is 0 Å². The first-order chi connectivity index (χ1) is 10.2. The van der Waals surface area contributed by atoms with Gasteiger partial charge in [-0.15, -0.1) is 0 Å². The van der Waals surface area contributed by atoms with Crippen LogP contribution in [0.1, 0.15) is 24.1 Å². The van der Waals surface area contributed by atoms with Gasteiger partial charge in [-0.3, -0.25) is 0 Å². The Kier molecular flexibility index (Phi) is 3.98. The Hall–Kier alpha value is -2.19. The number of fused-ring (bicyclic) bond motifs is 1. The van der Waals surface area contributed by atoms with Gasteiger partial charge in [0.1, 0.15) is 5.82 Å². The average Bonchev–Trinajstić information content (AvgIpc) is 2.53. The molecule has 1 nitrogen and oxygen atoms in total. The van der Waals surface area contributed by atoms with Crippen LogP contribution in [0.2, 0.25) is 0 Å². The molecule has 0 amide bonds. The van der Waals surface area contributed by atoms with Gasteiger partial charge in [0.05, 0.1) is 0 Å². The summed E-state index contributed by atoms with van der Waals surface area (Å²) in [5.41, 5.74) is 2.37. The van der Waals surface area contributed by atoms with Gasteiger partial charge in [0, 0.05) is 12.6 Å². The van der Waals surface area contributed by atoms with Crippen LogP contribution in [-0.4, -0.2) is 0 Å². The van der Waals surface area contributed by atoms with E-state index in [0.717, 1.165) is 12.1 Å². The Balaban J connectivity index is 1.78. The maximum atomic E-state index is 12.9. The van der Waals surface area contributed by atoms with Crippen LogP contribution in [0.3, 0.4) is 0 Å². The molecule has 0 spiro atoms. The van der Waals surface area contributed by atoms with Crippen LogP contribution in [0.15, 0.2) is 66.7 Å². The van der Waals surface area contributed by atoms with E-state index in [2.05, 4.69) is 54.7 Å². The summed E-state index contributed by atoms with van der Waals surface area (Å²) < 4.78 is 12.9. The molecular formula is C19H18FN. The van der Waals surface area contributed by atoms with Gasteiger partial charge in [0.15, 0.2) is 0 Å². The largest absolute Gasteiger partial charge is 0.306 e. The van der Waals surface area contributed by atoms with Gasteiger partial charge >= 0.3 is 0 Å². The predicted octanol–water partition coefficient (Wildman–Crippen LogP) is 4.83. The zero-order valence-corrected chi connectivity index (χ0v) is 12.0. The third kappa shape index (κ3) is 3.11. The second kappa shape index (κ2) is 6.06. The molecule has 0 aliphatic heterocycles. The first kappa shape index (κ1) is 13.8. The predicted molar refractivity (Wildman–Crippen MR) is 85.6 cm³/mol. The fourth-order valence-corrected chi connectivity index (χ4v) is 2.61. The van der Waals surface area contributed by atoms with Crippen LogP contribution in [-0.2, 0) is 6.54 Å². The Bertz CT molecular complexity index is 729. The second-order valence-electron chi connectivity index (χ2n) is 5.30. The standard InChI is InChI=1S/C19H18FN/c1-14(21-13-15-9-11-17(20)12-10-15)18-8-4-6-16-5-2-3-7-19(16)18/h2-12,14,21H,13H2,1H3/t14-/m1/s1. The molecule has 0 heterocycles. The van der Waals surface area contributed by atoms with Crippen molar-refractivity contribution in [3.8, 4) is 0 Å². The number of nitrogens with one attached hydrogen (secondary N) is 1. The number of hydrogen-bond acceptors (Lipinski definition) is 1.